The van der Waals surface area contributed by atoms with Crippen LogP contribution in [0.4, 0.5) is 13.2 Å². The average molecular weight is 459 g/mol. The van der Waals surface area contributed by atoms with Gasteiger partial charge < -0.3 is 4.42 Å². The lowest BCUT2D eigenvalue weighted by atomic mass is 10.1. The third-order valence-corrected chi connectivity index (χ3v) is 5.32. The first-order valence-electron chi connectivity index (χ1n) is 7.76. The Bertz CT molecular complexity index is 1150. The molecule has 0 aliphatic carbocycles. The highest BCUT2D eigenvalue weighted by Crippen LogP contribution is 2.36. The van der Waals surface area contributed by atoms with E-state index in [1.165, 1.54) is 12.1 Å². The fourth-order valence-electron chi connectivity index (χ4n) is 2.51. The van der Waals surface area contributed by atoms with Crippen LogP contribution in [0, 0.1) is 5.41 Å². The molecule has 0 saturated heterocycles. The number of hydrazone groups is 1. The van der Waals surface area contributed by atoms with Gasteiger partial charge in [-0.1, -0.05) is 23.2 Å². The third kappa shape index (κ3) is 3.70. The van der Waals surface area contributed by atoms with E-state index in [0.29, 0.717) is 26.4 Å². The first-order valence-corrected chi connectivity index (χ1v) is 9.33. The number of halogens is 5. The maximum absolute atomic E-state index is 12.9. The molecular formula is C17H7Cl2F3N4O2S. The molecule has 12 heteroatoms. The lowest BCUT2D eigenvalue weighted by Crippen LogP contribution is -2.35. The Morgan fingerprint density at radius 3 is 2.69 bits per heavy atom. The van der Waals surface area contributed by atoms with Crippen molar-refractivity contribution in [2.45, 2.75) is 6.18 Å². The summed E-state index contributed by atoms with van der Waals surface area (Å²) in [6.07, 6.45) is -3.50. The van der Waals surface area contributed by atoms with E-state index in [4.69, 9.17) is 33.0 Å². The Hall–Kier alpha value is -2.56. The van der Waals surface area contributed by atoms with Crippen LogP contribution in [0.2, 0.25) is 10.0 Å². The van der Waals surface area contributed by atoms with Gasteiger partial charge in [-0.05, 0) is 48.2 Å². The number of furan rings is 1. The highest BCUT2D eigenvalue weighted by atomic mass is 35.5. The van der Waals surface area contributed by atoms with E-state index in [2.05, 4.69) is 10.1 Å². The molecule has 0 radical (unpaired) electrons. The molecule has 0 fully saturated rings. The van der Waals surface area contributed by atoms with Gasteiger partial charge in [-0.25, -0.2) is 0 Å². The van der Waals surface area contributed by atoms with Gasteiger partial charge in [0.1, 0.15) is 11.5 Å². The summed E-state index contributed by atoms with van der Waals surface area (Å²) < 4.78 is 44.2. The number of amides is 1. The van der Waals surface area contributed by atoms with Gasteiger partial charge in [0.25, 0.3) is 5.91 Å². The molecule has 0 unspecified atom stereocenters. The second-order valence-electron chi connectivity index (χ2n) is 5.75. The van der Waals surface area contributed by atoms with Crippen LogP contribution in [0.5, 0.6) is 0 Å². The van der Waals surface area contributed by atoms with Crippen molar-refractivity contribution in [3.05, 3.63) is 51.7 Å². The zero-order valence-corrected chi connectivity index (χ0v) is 16.2. The largest absolute Gasteiger partial charge is 0.457 e. The monoisotopic (exact) mass is 458 g/mol. The van der Waals surface area contributed by atoms with Crippen LogP contribution in [0.15, 0.2) is 50.4 Å². The lowest BCUT2D eigenvalue weighted by Gasteiger charge is -2.19. The predicted octanol–water partition coefficient (Wildman–Crippen LogP) is 5.43. The number of alkyl halides is 3. The number of aliphatic imine (C=N–C) groups is 1. The summed E-state index contributed by atoms with van der Waals surface area (Å²) in [6, 6.07) is 7.90. The van der Waals surface area contributed by atoms with Crippen molar-refractivity contribution in [1.29, 1.82) is 5.41 Å². The van der Waals surface area contributed by atoms with E-state index in [1.807, 2.05) is 0 Å². The molecule has 0 spiro atoms. The minimum absolute atomic E-state index is 0.176. The zero-order chi connectivity index (χ0) is 20.9. The SMILES string of the molecule is N=C1/C(=C\c2ccc(-c3cc(Cl)ccc3Cl)o2)C(=O)N=C2SC(C(F)(F)F)=NN12. The molecule has 3 heterocycles. The van der Waals surface area contributed by atoms with Crippen LogP contribution in [-0.2, 0) is 4.79 Å². The molecule has 2 aliphatic heterocycles. The molecule has 6 nitrogen and oxygen atoms in total. The molecule has 0 atom stereocenters. The number of carbonyl (C=O) groups is 1. The minimum atomic E-state index is -4.70. The normalized spacial score (nSPS) is 18.2. The van der Waals surface area contributed by atoms with Gasteiger partial charge in [0.05, 0.1) is 10.6 Å². The number of hydrogen-bond donors (Lipinski definition) is 1. The first kappa shape index (κ1) is 19.7. The third-order valence-electron chi connectivity index (χ3n) is 3.80. The van der Waals surface area contributed by atoms with E-state index < -0.39 is 23.0 Å². The number of carbonyl (C=O) groups excluding carboxylic acids is 1. The van der Waals surface area contributed by atoms with Crippen molar-refractivity contribution < 1.29 is 22.4 Å². The fourth-order valence-corrected chi connectivity index (χ4v) is 3.65. The van der Waals surface area contributed by atoms with Crippen molar-refractivity contribution in [3.8, 4) is 11.3 Å². The highest BCUT2D eigenvalue weighted by Gasteiger charge is 2.46. The Kier molecular flexibility index (Phi) is 4.80. The lowest BCUT2D eigenvalue weighted by molar-refractivity contribution is -0.114. The van der Waals surface area contributed by atoms with Crippen molar-refractivity contribution >= 4 is 63.0 Å². The summed E-state index contributed by atoms with van der Waals surface area (Å²) in [5, 5.41) is 11.4. The van der Waals surface area contributed by atoms with Crippen LogP contribution in [0.1, 0.15) is 5.76 Å². The molecular weight excluding hydrogens is 452 g/mol. The van der Waals surface area contributed by atoms with E-state index in [0.717, 1.165) is 0 Å². The van der Waals surface area contributed by atoms with Crippen LogP contribution >= 0.6 is 35.0 Å². The van der Waals surface area contributed by atoms with Crippen molar-refractivity contribution in [2.24, 2.45) is 10.1 Å². The molecule has 1 N–H and O–H groups in total. The molecule has 0 saturated carbocycles. The number of amidine groups is 2. The predicted molar refractivity (Wildman–Crippen MR) is 105 cm³/mol. The molecule has 4 rings (SSSR count). The maximum atomic E-state index is 12.9. The van der Waals surface area contributed by atoms with Gasteiger partial charge in [0.15, 0.2) is 5.84 Å². The van der Waals surface area contributed by atoms with Gasteiger partial charge in [0.2, 0.25) is 10.2 Å². The van der Waals surface area contributed by atoms with Gasteiger partial charge in [-0.2, -0.15) is 28.3 Å². The van der Waals surface area contributed by atoms with Gasteiger partial charge in [0, 0.05) is 10.6 Å². The van der Waals surface area contributed by atoms with Crippen molar-refractivity contribution in [1.82, 2.24) is 5.01 Å². The summed E-state index contributed by atoms with van der Waals surface area (Å²) in [5.41, 5.74) is 0.254. The van der Waals surface area contributed by atoms with E-state index >= 15 is 0 Å². The Balaban J connectivity index is 1.67. The van der Waals surface area contributed by atoms with Crippen molar-refractivity contribution in [3.63, 3.8) is 0 Å². The van der Waals surface area contributed by atoms with Gasteiger partial charge in [-0.3, -0.25) is 10.2 Å². The number of benzene rings is 1. The van der Waals surface area contributed by atoms with E-state index in [9.17, 15) is 18.0 Å². The summed E-state index contributed by atoms with van der Waals surface area (Å²) >= 11 is 12.3. The molecule has 0 bridgehead atoms. The first-order chi connectivity index (χ1) is 13.6. The molecule has 2 aliphatic rings. The molecule has 1 aromatic carbocycles. The number of thioether (sulfide) groups is 1. The second-order valence-corrected chi connectivity index (χ2v) is 7.55. The fraction of sp³-hybridized carbons (Fsp3) is 0.0588. The van der Waals surface area contributed by atoms with E-state index in [-0.39, 0.29) is 28.3 Å². The molecule has 2 aromatic rings. The van der Waals surface area contributed by atoms with Crippen LogP contribution in [-0.4, -0.2) is 33.1 Å². The van der Waals surface area contributed by atoms with Crippen LogP contribution in [0.25, 0.3) is 17.4 Å². The number of nitrogens with zero attached hydrogens (tertiary/aromatic N) is 3. The summed E-state index contributed by atoms with van der Waals surface area (Å²) in [7, 11) is 0. The number of fused-ring (bicyclic) bond motifs is 1. The number of rotatable bonds is 2. The number of hydrogen-bond acceptors (Lipinski definition) is 5. The number of nitrogens with one attached hydrogen (secondary N) is 1. The Morgan fingerprint density at radius 2 is 1.97 bits per heavy atom. The van der Waals surface area contributed by atoms with E-state index in [1.54, 1.807) is 24.3 Å². The smallest absolute Gasteiger partial charge is 0.441 e. The molecule has 148 valence electrons. The summed E-state index contributed by atoms with van der Waals surface area (Å²) in [4.78, 5) is 15.8. The van der Waals surface area contributed by atoms with Crippen molar-refractivity contribution in [2.75, 3.05) is 0 Å². The minimum Gasteiger partial charge on any atom is -0.457 e. The average Bonchev–Trinajstić information content (AvgIpc) is 3.27. The standard InChI is InChI=1S/C17H7Cl2F3N4O2S/c18-7-1-3-11(19)9(5-7)12-4-2-8(28-12)6-10-13(23)26-16(24-14(10)27)29-15(25-26)17(20,21)22/h1-6,23H/b10-6+,23-13?. The molecule has 1 aromatic heterocycles. The molecule has 29 heavy (non-hydrogen) atoms. The Labute approximate surface area is 175 Å². The zero-order valence-electron chi connectivity index (χ0n) is 13.9. The quantitative estimate of drug-likeness (QED) is 0.607. The molecule has 1 amide bonds. The second kappa shape index (κ2) is 7.05. The van der Waals surface area contributed by atoms with Crippen LogP contribution < -0.4 is 0 Å². The van der Waals surface area contributed by atoms with Gasteiger partial charge >= 0.3 is 6.18 Å². The van der Waals surface area contributed by atoms with Gasteiger partial charge in [-0.15, -0.1) is 0 Å². The van der Waals surface area contributed by atoms with Crippen LogP contribution in [0.3, 0.4) is 0 Å². The highest BCUT2D eigenvalue weighted by molar-refractivity contribution is 8.27. The maximum Gasteiger partial charge on any atom is 0.441 e. The Morgan fingerprint density at radius 1 is 1.21 bits per heavy atom. The summed E-state index contributed by atoms with van der Waals surface area (Å²) in [6.45, 7) is 0. The summed E-state index contributed by atoms with van der Waals surface area (Å²) in [5.74, 6) is -0.872. The topological polar surface area (TPSA) is 82.0 Å².